The lowest BCUT2D eigenvalue weighted by Gasteiger charge is -2.25. The maximum Gasteiger partial charge on any atom is 0.320 e. The number of hydrogen-bond acceptors (Lipinski definition) is 3. The number of para-hydroxylation sites is 1. The Morgan fingerprint density at radius 1 is 1.21 bits per heavy atom. The van der Waals surface area contributed by atoms with Gasteiger partial charge in [0.2, 0.25) is 5.91 Å². The maximum atomic E-state index is 11.8. The number of anilines is 1. The molecule has 0 saturated carbocycles. The fourth-order valence-electron chi connectivity index (χ4n) is 1.43. The zero-order valence-corrected chi connectivity index (χ0v) is 11.2. The molecule has 104 valence electrons. The molecule has 5 N–H and O–H groups in total. The molecule has 0 atom stereocenters. The molecular formula is C13H20N4O2. The minimum Gasteiger partial charge on any atom is -0.353 e. The summed E-state index contributed by atoms with van der Waals surface area (Å²) in [7, 11) is 0. The third-order valence-electron chi connectivity index (χ3n) is 2.46. The molecule has 0 fully saturated rings. The summed E-state index contributed by atoms with van der Waals surface area (Å²) in [5, 5.41) is 7.90. The summed E-state index contributed by atoms with van der Waals surface area (Å²) in [6.07, 6.45) is 0. The van der Waals surface area contributed by atoms with Crippen molar-refractivity contribution in [3.8, 4) is 0 Å². The van der Waals surface area contributed by atoms with Gasteiger partial charge in [-0.3, -0.25) is 4.79 Å². The van der Waals surface area contributed by atoms with Crippen molar-refractivity contribution in [3.63, 3.8) is 0 Å². The van der Waals surface area contributed by atoms with Crippen LogP contribution in [0.1, 0.15) is 13.8 Å². The lowest BCUT2D eigenvalue weighted by Crippen LogP contribution is -2.56. The van der Waals surface area contributed by atoms with E-state index in [-0.39, 0.29) is 5.91 Å². The molecule has 0 spiro atoms. The topological polar surface area (TPSA) is 96.2 Å². The number of nitrogens with one attached hydrogen (secondary N) is 3. The number of hydrogen-bond donors (Lipinski definition) is 4. The summed E-state index contributed by atoms with van der Waals surface area (Å²) in [6.45, 7) is 4.00. The van der Waals surface area contributed by atoms with Crippen molar-refractivity contribution < 1.29 is 9.59 Å². The Morgan fingerprint density at radius 3 is 2.42 bits per heavy atom. The molecule has 0 heterocycles. The first-order chi connectivity index (χ1) is 8.95. The second-order valence-electron chi connectivity index (χ2n) is 4.61. The summed E-state index contributed by atoms with van der Waals surface area (Å²) < 4.78 is 0. The van der Waals surface area contributed by atoms with E-state index in [2.05, 4.69) is 16.0 Å². The second kappa shape index (κ2) is 6.75. The fourth-order valence-corrected chi connectivity index (χ4v) is 1.43. The SMILES string of the molecule is CC(C)(NC(=O)Nc1ccccc1)C(=O)NCCN. The largest absolute Gasteiger partial charge is 0.353 e. The summed E-state index contributed by atoms with van der Waals surface area (Å²) in [5.74, 6) is -0.277. The first-order valence-corrected chi connectivity index (χ1v) is 6.08. The van der Waals surface area contributed by atoms with Gasteiger partial charge in [-0.2, -0.15) is 0 Å². The first-order valence-electron chi connectivity index (χ1n) is 6.08. The molecule has 1 aromatic carbocycles. The van der Waals surface area contributed by atoms with Crippen molar-refractivity contribution in [1.29, 1.82) is 0 Å². The molecule has 0 aliphatic carbocycles. The molecule has 0 saturated heterocycles. The lowest BCUT2D eigenvalue weighted by atomic mass is 10.1. The average molecular weight is 264 g/mol. The van der Waals surface area contributed by atoms with Crippen LogP contribution in [-0.2, 0) is 4.79 Å². The molecule has 0 aliphatic heterocycles. The lowest BCUT2D eigenvalue weighted by molar-refractivity contribution is -0.125. The van der Waals surface area contributed by atoms with E-state index in [0.29, 0.717) is 18.8 Å². The van der Waals surface area contributed by atoms with Gasteiger partial charge in [-0.15, -0.1) is 0 Å². The minimum absolute atomic E-state index is 0.277. The molecule has 3 amide bonds. The van der Waals surface area contributed by atoms with Crippen LogP contribution < -0.4 is 21.7 Å². The minimum atomic E-state index is -1.01. The van der Waals surface area contributed by atoms with Gasteiger partial charge >= 0.3 is 6.03 Å². The van der Waals surface area contributed by atoms with Gasteiger partial charge in [-0.05, 0) is 26.0 Å². The van der Waals surface area contributed by atoms with Crippen molar-refractivity contribution in [2.24, 2.45) is 5.73 Å². The van der Waals surface area contributed by atoms with E-state index in [1.54, 1.807) is 26.0 Å². The van der Waals surface area contributed by atoms with E-state index in [1.165, 1.54) is 0 Å². The smallest absolute Gasteiger partial charge is 0.320 e. The summed E-state index contributed by atoms with van der Waals surface area (Å²) in [6, 6.07) is 8.58. The monoisotopic (exact) mass is 264 g/mol. The van der Waals surface area contributed by atoms with Gasteiger partial charge in [0.25, 0.3) is 0 Å². The van der Waals surface area contributed by atoms with Crippen molar-refractivity contribution in [2.75, 3.05) is 18.4 Å². The van der Waals surface area contributed by atoms with E-state index >= 15 is 0 Å². The van der Waals surface area contributed by atoms with Crippen molar-refractivity contribution >= 4 is 17.6 Å². The van der Waals surface area contributed by atoms with E-state index in [4.69, 9.17) is 5.73 Å². The average Bonchev–Trinajstić information content (AvgIpc) is 2.36. The van der Waals surface area contributed by atoms with Gasteiger partial charge in [-0.25, -0.2) is 4.79 Å². The van der Waals surface area contributed by atoms with Crippen molar-refractivity contribution in [3.05, 3.63) is 30.3 Å². The highest BCUT2D eigenvalue weighted by atomic mass is 16.2. The van der Waals surface area contributed by atoms with Gasteiger partial charge in [0, 0.05) is 18.8 Å². The van der Waals surface area contributed by atoms with E-state index < -0.39 is 11.6 Å². The molecule has 19 heavy (non-hydrogen) atoms. The van der Waals surface area contributed by atoms with Gasteiger partial charge in [0.1, 0.15) is 5.54 Å². The van der Waals surface area contributed by atoms with Gasteiger partial charge in [0.05, 0.1) is 0 Å². The third-order valence-corrected chi connectivity index (χ3v) is 2.46. The van der Waals surface area contributed by atoms with Crippen LogP contribution in [0.5, 0.6) is 0 Å². The highest BCUT2D eigenvalue weighted by molar-refractivity contribution is 5.95. The second-order valence-corrected chi connectivity index (χ2v) is 4.61. The molecule has 0 radical (unpaired) electrons. The number of benzene rings is 1. The van der Waals surface area contributed by atoms with Crippen LogP contribution in [-0.4, -0.2) is 30.6 Å². The van der Waals surface area contributed by atoms with Gasteiger partial charge < -0.3 is 21.7 Å². The standard InChI is InChI=1S/C13H20N4O2/c1-13(2,11(18)15-9-8-14)17-12(19)16-10-6-4-3-5-7-10/h3-7H,8-9,14H2,1-2H3,(H,15,18)(H2,16,17,19). The van der Waals surface area contributed by atoms with Crippen LogP contribution in [0, 0.1) is 0 Å². The summed E-state index contributed by atoms with van der Waals surface area (Å²) in [5.41, 5.74) is 4.97. The van der Waals surface area contributed by atoms with Gasteiger partial charge in [0.15, 0.2) is 0 Å². The molecular weight excluding hydrogens is 244 g/mol. The van der Waals surface area contributed by atoms with Crippen LogP contribution in [0.2, 0.25) is 0 Å². The first kappa shape index (κ1) is 15.0. The summed E-state index contributed by atoms with van der Waals surface area (Å²) >= 11 is 0. The Morgan fingerprint density at radius 2 is 1.84 bits per heavy atom. The predicted octanol–water partition coefficient (Wildman–Crippen LogP) is 0.662. The molecule has 6 nitrogen and oxygen atoms in total. The van der Waals surface area contributed by atoms with Crippen LogP contribution in [0.15, 0.2) is 30.3 Å². The van der Waals surface area contributed by atoms with Crippen LogP contribution >= 0.6 is 0 Å². The third kappa shape index (κ3) is 4.97. The summed E-state index contributed by atoms with van der Waals surface area (Å²) in [4.78, 5) is 23.6. The Labute approximate surface area is 112 Å². The van der Waals surface area contributed by atoms with E-state index in [9.17, 15) is 9.59 Å². The Bertz CT molecular complexity index is 432. The Kier molecular flexibility index (Phi) is 5.32. The predicted molar refractivity (Wildman–Crippen MR) is 74.7 cm³/mol. The number of rotatable bonds is 5. The molecule has 1 aromatic rings. The van der Waals surface area contributed by atoms with Crippen molar-refractivity contribution in [2.45, 2.75) is 19.4 Å². The Balaban J connectivity index is 2.53. The van der Waals surface area contributed by atoms with Crippen LogP contribution in [0.4, 0.5) is 10.5 Å². The molecule has 0 unspecified atom stereocenters. The van der Waals surface area contributed by atoms with Crippen LogP contribution in [0.3, 0.4) is 0 Å². The van der Waals surface area contributed by atoms with Crippen LogP contribution in [0.25, 0.3) is 0 Å². The zero-order valence-electron chi connectivity index (χ0n) is 11.2. The van der Waals surface area contributed by atoms with E-state index in [1.807, 2.05) is 18.2 Å². The van der Waals surface area contributed by atoms with Gasteiger partial charge in [-0.1, -0.05) is 18.2 Å². The fraction of sp³-hybridized carbons (Fsp3) is 0.385. The molecule has 6 heteroatoms. The number of carbonyl (C=O) groups is 2. The highest BCUT2D eigenvalue weighted by Gasteiger charge is 2.28. The number of amides is 3. The molecule has 0 bridgehead atoms. The Hall–Kier alpha value is -2.08. The normalized spacial score (nSPS) is 10.7. The number of nitrogens with two attached hydrogens (primary N) is 1. The molecule has 0 aliphatic rings. The number of urea groups is 1. The highest BCUT2D eigenvalue weighted by Crippen LogP contribution is 2.07. The van der Waals surface area contributed by atoms with E-state index in [0.717, 1.165) is 0 Å². The zero-order chi connectivity index (χ0) is 14.3. The van der Waals surface area contributed by atoms with Crippen molar-refractivity contribution in [1.82, 2.24) is 10.6 Å². The number of carbonyl (C=O) groups excluding carboxylic acids is 2. The maximum absolute atomic E-state index is 11.8. The quantitative estimate of drug-likeness (QED) is 0.629. The molecule has 1 rings (SSSR count). The molecule has 0 aromatic heterocycles.